The van der Waals surface area contributed by atoms with Gasteiger partial charge in [-0.15, -0.1) is 0 Å². The van der Waals surface area contributed by atoms with E-state index in [0.29, 0.717) is 6.42 Å². The summed E-state index contributed by atoms with van der Waals surface area (Å²) in [7, 11) is 1.84. The van der Waals surface area contributed by atoms with Gasteiger partial charge in [0.15, 0.2) is 0 Å². The highest BCUT2D eigenvalue weighted by Gasteiger charge is 2.33. The lowest BCUT2D eigenvalue weighted by Gasteiger charge is -2.23. The van der Waals surface area contributed by atoms with Crippen LogP contribution in [0.1, 0.15) is 37.9 Å². The summed E-state index contributed by atoms with van der Waals surface area (Å²) in [5.74, 6) is 0. The number of alkyl carbamates (subject to hydrolysis) is 1. The SMILES string of the molecule is CNc1ccc2c(c1)C(NC(=O)OC(C)(C)C)C(O)C2. The van der Waals surface area contributed by atoms with E-state index in [9.17, 15) is 9.90 Å². The summed E-state index contributed by atoms with van der Waals surface area (Å²) in [6, 6.07) is 5.46. The Morgan fingerprint density at radius 1 is 1.40 bits per heavy atom. The van der Waals surface area contributed by atoms with E-state index in [0.717, 1.165) is 16.8 Å². The number of hydrogen-bond acceptors (Lipinski definition) is 4. The van der Waals surface area contributed by atoms with E-state index in [4.69, 9.17) is 4.74 Å². The minimum Gasteiger partial charge on any atom is -0.444 e. The van der Waals surface area contributed by atoms with Gasteiger partial charge in [0.2, 0.25) is 0 Å². The van der Waals surface area contributed by atoms with Gasteiger partial charge in [-0.25, -0.2) is 4.79 Å². The fourth-order valence-electron chi connectivity index (χ4n) is 2.38. The van der Waals surface area contributed by atoms with Crippen LogP contribution in [0.15, 0.2) is 18.2 Å². The Bertz CT molecular complexity index is 508. The van der Waals surface area contributed by atoms with E-state index < -0.39 is 23.8 Å². The summed E-state index contributed by atoms with van der Waals surface area (Å²) in [4.78, 5) is 11.9. The largest absolute Gasteiger partial charge is 0.444 e. The molecule has 0 aromatic heterocycles. The number of carbonyl (C=O) groups excluding carboxylic acids is 1. The average molecular weight is 278 g/mol. The lowest BCUT2D eigenvalue weighted by Crippen LogP contribution is -2.38. The highest BCUT2D eigenvalue weighted by molar-refractivity contribution is 5.69. The third-order valence-electron chi connectivity index (χ3n) is 3.26. The Balaban J connectivity index is 2.16. The molecule has 0 fully saturated rings. The number of nitrogens with one attached hydrogen (secondary N) is 2. The number of ether oxygens (including phenoxy) is 1. The van der Waals surface area contributed by atoms with Crippen molar-refractivity contribution in [3.8, 4) is 0 Å². The Morgan fingerprint density at radius 2 is 2.10 bits per heavy atom. The molecule has 110 valence electrons. The fraction of sp³-hybridized carbons (Fsp3) is 0.533. The Labute approximate surface area is 119 Å². The van der Waals surface area contributed by atoms with Crippen LogP contribution >= 0.6 is 0 Å². The topological polar surface area (TPSA) is 70.6 Å². The number of benzene rings is 1. The zero-order valence-electron chi connectivity index (χ0n) is 12.4. The second-order valence-electron chi connectivity index (χ2n) is 6.06. The van der Waals surface area contributed by atoms with Crippen LogP contribution < -0.4 is 10.6 Å². The molecule has 0 radical (unpaired) electrons. The smallest absolute Gasteiger partial charge is 0.408 e. The summed E-state index contributed by atoms with van der Waals surface area (Å²) in [5, 5.41) is 15.9. The summed E-state index contributed by atoms with van der Waals surface area (Å²) in [5.41, 5.74) is 2.39. The van der Waals surface area contributed by atoms with Crippen LogP contribution in [0.3, 0.4) is 0 Å². The maximum Gasteiger partial charge on any atom is 0.408 e. The number of fused-ring (bicyclic) bond motifs is 1. The minimum atomic E-state index is -0.621. The third-order valence-corrected chi connectivity index (χ3v) is 3.26. The van der Waals surface area contributed by atoms with Gasteiger partial charge < -0.3 is 20.5 Å². The molecule has 0 spiro atoms. The number of amides is 1. The number of carbonyl (C=O) groups is 1. The van der Waals surface area contributed by atoms with Gasteiger partial charge in [-0.3, -0.25) is 0 Å². The molecular weight excluding hydrogens is 256 g/mol. The number of anilines is 1. The summed E-state index contributed by atoms with van der Waals surface area (Å²) < 4.78 is 5.24. The van der Waals surface area contributed by atoms with Crippen LogP contribution in [0.25, 0.3) is 0 Å². The molecule has 1 aliphatic carbocycles. The maximum absolute atomic E-state index is 11.9. The normalized spacial score (nSPS) is 21.2. The molecule has 0 bridgehead atoms. The monoisotopic (exact) mass is 278 g/mol. The van der Waals surface area contributed by atoms with Crippen molar-refractivity contribution in [2.24, 2.45) is 0 Å². The molecular formula is C15H22N2O3. The second kappa shape index (κ2) is 5.32. The van der Waals surface area contributed by atoms with Crippen molar-refractivity contribution in [3.63, 3.8) is 0 Å². The molecule has 1 aromatic rings. The zero-order valence-corrected chi connectivity index (χ0v) is 12.4. The molecule has 2 rings (SSSR count). The van der Waals surface area contributed by atoms with Crippen molar-refractivity contribution in [1.82, 2.24) is 5.32 Å². The highest BCUT2D eigenvalue weighted by atomic mass is 16.6. The predicted molar refractivity (Wildman–Crippen MR) is 77.8 cm³/mol. The molecule has 0 heterocycles. The van der Waals surface area contributed by atoms with Gasteiger partial charge in [0.1, 0.15) is 5.60 Å². The lowest BCUT2D eigenvalue weighted by atomic mass is 10.1. The van der Waals surface area contributed by atoms with Crippen LogP contribution in [-0.4, -0.2) is 30.0 Å². The van der Waals surface area contributed by atoms with E-state index in [-0.39, 0.29) is 0 Å². The Kier molecular flexibility index (Phi) is 3.90. The molecule has 1 amide bonds. The van der Waals surface area contributed by atoms with E-state index in [1.54, 1.807) is 0 Å². The molecule has 0 saturated carbocycles. The number of hydrogen-bond donors (Lipinski definition) is 3. The lowest BCUT2D eigenvalue weighted by molar-refractivity contribution is 0.0438. The molecule has 5 heteroatoms. The molecule has 0 saturated heterocycles. The first-order valence-corrected chi connectivity index (χ1v) is 6.78. The van der Waals surface area contributed by atoms with Gasteiger partial charge in [0.25, 0.3) is 0 Å². The van der Waals surface area contributed by atoms with Crippen LogP contribution in [0.5, 0.6) is 0 Å². The number of aliphatic hydroxyl groups excluding tert-OH is 1. The van der Waals surface area contributed by atoms with Gasteiger partial charge >= 0.3 is 6.09 Å². The van der Waals surface area contributed by atoms with Crippen molar-refractivity contribution in [3.05, 3.63) is 29.3 Å². The van der Waals surface area contributed by atoms with Crippen LogP contribution in [-0.2, 0) is 11.2 Å². The van der Waals surface area contributed by atoms with Crippen molar-refractivity contribution in [1.29, 1.82) is 0 Å². The first-order valence-electron chi connectivity index (χ1n) is 6.78. The van der Waals surface area contributed by atoms with Gasteiger partial charge in [-0.05, 0) is 44.0 Å². The van der Waals surface area contributed by atoms with E-state index >= 15 is 0 Å². The maximum atomic E-state index is 11.9. The predicted octanol–water partition coefficient (Wildman–Crippen LogP) is 2.21. The summed E-state index contributed by atoms with van der Waals surface area (Å²) in [6.45, 7) is 5.43. The van der Waals surface area contributed by atoms with Gasteiger partial charge in [-0.2, -0.15) is 0 Å². The summed E-state index contributed by atoms with van der Waals surface area (Å²) >= 11 is 0. The van der Waals surface area contributed by atoms with Gasteiger partial charge in [0.05, 0.1) is 12.1 Å². The third kappa shape index (κ3) is 3.22. The average Bonchev–Trinajstić information content (AvgIpc) is 2.63. The van der Waals surface area contributed by atoms with Gasteiger partial charge in [0, 0.05) is 19.2 Å². The van der Waals surface area contributed by atoms with E-state index in [1.165, 1.54) is 0 Å². The van der Waals surface area contributed by atoms with E-state index in [1.807, 2.05) is 46.0 Å². The molecule has 0 aliphatic heterocycles. The molecule has 5 nitrogen and oxygen atoms in total. The molecule has 2 unspecified atom stereocenters. The van der Waals surface area contributed by atoms with Crippen LogP contribution in [0.2, 0.25) is 0 Å². The van der Waals surface area contributed by atoms with Crippen LogP contribution in [0, 0.1) is 0 Å². The summed E-state index contributed by atoms with van der Waals surface area (Å²) in [6.07, 6.45) is -0.589. The quantitative estimate of drug-likeness (QED) is 0.775. The van der Waals surface area contributed by atoms with Gasteiger partial charge in [-0.1, -0.05) is 6.07 Å². The minimum absolute atomic E-state index is 0.423. The molecule has 1 aromatic carbocycles. The molecule has 3 N–H and O–H groups in total. The first-order chi connectivity index (χ1) is 9.30. The standard InChI is InChI=1S/C15H22N2O3/c1-15(2,3)20-14(19)17-13-11-8-10(16-4)6-5-9(11)7-12(13)18/h5-6,8,12-13,16,18H,7H2,1-4H3,(H,17,19). The Morgan fingerprint density at radius 3 is 2.70 bits per heavy atom. The fourth-order valence-corrected chi connectivity index (χ4v) is 2.38. The number of aliphatic hydroxyl groups is 1. The zero-order chi connectivity index (χ0) is 14.9. The van der Waals surface area contributed by atoms with E-state index in [2.05, 4.69) is 10.6 Å². The Hall–Kier alpha value is -1.75. The number of rotatable bonds is 2. The van der Waals surface area contributed by atoms with Crippen molar-refractivity contribution >= 4 is 11.8 Å². The van der Waals surface area contributed by atoms with Crippen LogP contribution in [0.4, 0.5) is 10.5 Å². The molecule has 20 heavy (non-hydrogen) atoms. The highest BCUT2D eigenvalue weighted by Crippen LogP contribution is 2.33. The first kappa shape index (κ1) is 14.7. The molecule has 1 aliphatic rings. The second-order valence-corrected chi connectivity index (χ2v) is 6.06. The van der Waals surface area contributed by atoms with Crippen molar-refractivity contribution in [2.45, 2.75) is 44.9 Å². The van der Waals surface area contributed by atoms with Crippen molar-refractivity contribution < 1.29 is 14.6 Å². The van der Waals surface area contributed by atoms with Crippen molar-refractivity contribution in [2.75, 3.05) is 12.4 Å². The molecule has 2 atom stereocenters.